The monoisotopic (exact) mass is 536 g/mol. The maximum atomic E-state index is 14.1. The third-order valence-electron chi connectivity index (χ3n) is 6.12. The highest BCUT2D eigenvalue weighted by Gasteiger charge is 2.34. The SMILES string of the molecule is Cc1c(Cl)c(-c2cnn(C)c2)nc(N2CCCC(F)(F)CC2)c1C(=O)Nc1cccc(S(C)(=N)=O)c1. The Balaban J connectivity index is 1.81. The van der Waals surface area contributed by atoms with Gasteiger partial charge in [-0.2, -0.15) is 5.10 Å². The molecule has 1 unspecified atom stereocenters. The van der Waals surface area contributed by atoms with E-state index in [1.807, 2.05) is 0 Å². The Morgan fingerprint density at radius 2 is 2.03 bits per heavy atom. The van der Waals surface area contributed by atoms with Crippen LogP contribution in [0.25, 0.3) is 11.3 Å². The van der Waals surface area contributed by atoms with Crippen molar-refractivity contribution in [2.45, 2.75) is 37.0 Å². The molecule has 2 aromatic heterocycles. The summed E-state index contributed by atoms with van der Waals surface area (Å²) in [6.07, 6.45) is 4.30. The molecule has 1 aliphatic rings. The highest BCUT2D eigenvalue weighted by Crippen LogP contribution is 2.38. The van der Waals surface area contributed by atoms with Crippen molar-refractivity contribution < 1.29 is 17.8 Å². The van der Waals surface area contributed by atoms with Crippen molar-refractivity contribution >= 4 is 38.7 Å². The molecule has 192 valence electrons. The second-order valence-corrected chi connectivity index (χ2v) is 11.6. The van der Waals surface area contributed by atoms with Crippen molar-refractivity contribution in [1.82, 2.24) is 14.8 Å². The number of benzene rings is 1. The van der Waals surface area contributed by atoms with Gasteiger partial charge in [-0.15, -0.1) is 0 Å². The van der Waals surface area contributed by atoms with Crippen molar-refractivity contribution in [3.8, 4) is 11.3 Å². The highest BCUT2D eigenvalue weighted by atomic mass is 35.5. The Hall–Kier alpha value is -3.05. The van der Waals surface area contributed by atoms with Gasteiger partial charge in [-0.05, 0) is 37.1 Å². The maximum absolute atomic E-state index is 14.1. The van der Waals surface area contributed by atoms with Gasteiger partial charge in [0.1, 0.15) is 5.82 Å². The molecule has 0 spiro atoms. The fraction of sp³-hybridized carbons (Fsp3) is 0.375. The first-order chi connectivity index (χ1) is 16.9. The quantitative estimate of drug-likeness (QED) is 0.457. The van der Waals surface area contributed by atoms with E-state index in [1.54, 1.807) is 54.1 Å². The van der Waals surface area contributed by atoms with E-state index in [2.05, 4.69) is 10.4 Å². The van der Waals surface area contributed by atoms with Crippen molar-refractivity contribution in [1.29, 1.82) is 4.78 Å². The van der Waals surface area contributed by atoms with Crippen LogP contribution in [0.4, 0.5) is 20.3 Å². The maximum Gasteiger partial charge on any atom is 0.259 e. The summed E-state index contributed by atoms with van der Waals surface area (Å²) in [6.45, 7) is 2.02. The third-order valence-corrected chi connectivity index (χ3v) is 7.73. The fourth-order valence-corrected chi connectivity index (χ4v) is 5.12. The van der Waals surface area contributed by atoms with Crippen LogP contribution < -0.4 is 10.2 Å². The van der Waals surface area contributed by atoms with Crippen LogP contribution in [0.3, 0.4) is 0 Å². The topological polar surface area (TPSA) is 104 Å². The second-order valence-electron chi connectivity index (χ2n) is 9.02. The van der Waals surface area contributed by atoms with Gasteiger partial charge in [0, 0.05) is 61.6 Å². The Morgan fingerprint density at radius 1 is 1.28 bits per heavy atom. The molecule has 1 aliphatic heterocycles. The average Bonchev–Trinajstić information content (AvgIpc) is 3.14. The Bertz CT molecular complexity index is 1420. The number of nitrogens with one attached hydrogen (secondary N) is 2. The number of alkyl halides is 2. The van der Waals surface area contributed by atoms with E-state index < -0.39 is 21.6 Å². The third kappa shape index (κ3) is 5.52. The summed E-state index contributed by atoms with van der Waals surface area (Å²) in [5, 5.41) is 7.20. The first kappa shape index (κ1) is 26.0. The number of aryl methyl sites for hydroxylation is 1. The van der Waals surface area contributed by atoms with Gasteiger partial charge in [0.25, 0.3) is 5.91 Å². The molecule has 3 heterocycles. The molecule has 12 heteroatoms. The van der Waals surface area contributed by atoms with Gasteiger partial charge in [-0.3, -0.25) is 9.48 Å². The van der Waals surface area contributed by atoms with Crippen LogP contribution >= 0.6 is 11.6 Å². The number of aromatic nitrogens is 3. The summed E-state index contributed by atoms with van der Waals surface area (Å²) < 4.78 is 49.8. The molecular formula is C24H27ClF2N6O2S. The van der Waals surface area contributed by atoms with Crippen LogP contribution in [-0.4, -0.2) is 50.1 Å². The highest BCUT2D eigenvalue weighted by molar-refractivity contribution is 7.91. The fourth-order valence-electron chi connectivity index (χ4n) is 4.19. The lowest BCUT2D eigenvalue weighted by Gasteiger charge is -2.26. The predicted octanol–water partition coefficient (Wildman–Crippen LogP) is 5.36. The van der Waals surface area contributed by atoms with Crippen molar-refractivity contribution in [2.75, 3.05) is 29.6 Å². The lowest BCUT2D eigenvalue weighted by Crippen LogP contribution is -2.30. The molecule has 1 saturated heterocycles. The summed E-state index contributed by atoms with van der Waals surface area (Å²) in [4.78, 5) is 20.2. The first-order valence-corrected chi connectivity index (χ1v) is 13.7. The van der Waals surface area contributed by atoms with E-state index in [0.29, 0.717) is 29.1 Å². The molecular weight excluding hydrogens is 510 g/mol. The summed E-state index contributed by atoms with van der Waals surface area (Å²) in [6, 6.07) is 6.26. The van der Waals surface area contributed by atoms with Crippen LogP contribution in [-0.2, 0) is 16.8 Å². The van der Waals surface area contributed by atoms with E-state index in [-0.39, 0.29) is 47.1 Å². The molecule has 8 nitrogen and oxygen atoms in total. The molecule has 1 aromatic carbocycles. The molecule has 0 bridgehead atoms. The van der Waals surface area contributed by atoms with E-state index >= 15 is 0 Å². The van der Waals surface area contributed by atoms with Gasteiger partial charge in [0.2, 0.25) is 5.92 Å². The van der Waals surface area contributed by atoms with Crippen LogP contribution in [0.15, 0.2) is 41.6 Å². The summed E-state index contributed by atoms with van der Waals surface area (Å²) in [5.74, 6) is -3.05. The van der Waals surface area contributed by atoms with E-state index in [1.165, 1.54) is 12.3 Å². The number of carbonyl (C=O) groups excluding carboxylic acids is 1. The van der Waals surface area contributed by atoms with Crippen molar-refractivity contribution in [3.05, 3.63) is 52.8 Å². The van der Waals surface area contributed by atoms with E-state index in [4.69, 9.17) is 21.4 Å². The van der Waals surface area contributed by atoms with Gasteiger partial charge < -0.3 is 10.2 Å². The zero-order chi connectivity index (χ0) is 26.3. The first-order valence-electron chi connectivity index (χ1n) is 11.3. The molecule has 0 aliphatic carbocycles. The number of anilines is 2. The molecule has 1 atom stereocenters. The molecule has 1 amide bonds. The minimum atomic E-state index is -2.99. The largest absolute Gasteiger partial charge is 0.356 e. The number of nitrogens with zero attached hydrogens (tertiary/aromatic N) is 4. The zero-order valence-corrected chi connectivity index (χ0v) is 21.7. The Labute approximate surface area is 213 Å². The van der Waals surface area contributed by atoms with Gasteiger partial charge in [0.15, 0.2) is 0 Å². The molecule has 1 fully saturated rings. The van der Waals surface area contributed by atoms with Crippen LogP contribution in [0, 0.1) is 11.7 Å². The number of rotatable bonds is 5. The molecule has 3 aromatic rings. The smallest absolute Gasteiger partial charge is 0.259 e. The summed E-state index contributed by atoms with van der Waals surface area (Å²) >= 11 is 6.68. The number of pyridine rings is 1. The minimum Gasteiger partial charge on any atom is -0.356 e. The lowest BCUT2D eigenvalue weighted by molar-refractivity contribution is -0.0102. The average molecular weight is 537 g/mol. The summed E-state index contributed by atoms with van der Waals surface area (Å²) in [5.41, 5.74) is 2.02. The van der Waals surface area contributed by atoms with Gasteiger partial charge in [0.05, 0.1) is 32.2 Å². The number of hydrogen-bond acceptors (Lipinski definition) is 6. The van der Waals surface area contributed by atoms with Gasteiger partial charge >= 0.3 is 0 Å². The number of hydrogen-bond donors (Lipinski definition) is 2. The lowest BCUT2D eigenvalue weighted by atomic mass is 10.0. The normalized spacial score (nSPS) is 17.3. The predicted molar refractivity (Wildman–Crippen MR) is 137 cm³/mol. The van der Waals surface area contributed by atoms with Crippen LogP contribution in [0.2, 0.25) is 5.02 Å². The second kappa shape index (κ2) is 9.78. The Kier molecular flexibility index (Phi) is 7.07. The Morgan fingerprint density at radius 3 is 2.69 bits per heavy atom. The van der Waals surface area contributed by atoms with Crippen molar-refractivity contribution in [3.63, 3.8) is 0 Å². The van der Waals surface area contributed by atoms with Gasteiger partial charge in [-0.1, -0.05) is 17.7 Å². The molecule has 4 rings (SSSR count). The summed E-state index contributed by atoms with van der Waals surface area (Å²) in [7, 11) is -1.23. The molecule has 2 N–H and O–H groups in total. The van der Waals surface area contributed by atoms with Gasteiger partial charge in [-0.25, -0.2) is 22.8 Å². The zero-order valence-electron chi connectivity index (χ0n) is 20.1. The van der Waals surface area contributed by atoms with E-state index in [9.17, 15) is 17.8 Å². The molecule has 0 saturated carbocycles. The number of amides is 1. The number of halogens is 3. The minimum absolute atomic E-state index is 0.0278. The van der Waals surface area contributed by atoms with Crippen molar-refractivity contribution in [2.24, 2.45) is 7.05 Å². The van der Waals surface area contributed by atoms with E-state index in [0.717, 1.165) is 0 Å². The molecule has 0 radical (unpaired) electrons. The standard InChI is InChI=1S/C24H27ClF2N6O2S/c1-15-19(23(34)30-17-6-4-7-18(12-17)36(3,28)35)22(33-10-5-8-24(26,27)9-11-33)31-21(20(15)25)16-13-29-32(2)14-16/h4,6-7,12-14,28H,5,8-11H2,1-3H3,(H,30,34). The number of carbonyl (C=O) groups is 1. The van der Waals surface area contributed by atoms with Crippen LogP contribution in [0.5, 0.6) is 0 Å². The molecule has 36 heavy (non-hydrogen) atoms. The van der Waals surface area contributed by atoms with Crippen LogP contribution in [0.1, 0.15) is 35.2 Å².